The van der Waals surface area contributed by atoms with Crippen LogP contribution < -0.4 is 0 Å². The smallest absolute Gasteiger partial charge is 0.257 e. The van der Waals surface area contributed by atoms with Gasteiger partial charge in [0.1, 0.15) is 6.23 Å². The number of rotatable bonds is 3. The number of ether oxygens (including phenoxy) is 2. The second-order valence-corrected chi connectivity index (χ2v) is 6.07. The summed E-state index contributed by atoms with van der Waals surface area (Å²) in [6.45, 7) is 1.41. The molecule has 4 rings (SSSR count). The van der Waals surface area contributed by atoms with Crippen molar-refractivity contribution in [1.29, 1.82) is 0 Å². The van der Waals surface area contributed by atoms with Crippen molar-refractivity contribution in [1.82, 2.24) is 14.7 Å². The van der Waals surface area contributed by atoms with E-state index in [-0.39, 0.29) is 18.2 Å². The van der Waals surface area contributed by atoms with E-state index >= 15 is 0 Å². The predicted octanol–water partition coefficient (Wildman–Crippen LogP) is 0.817. The average molecular weight is 277 g/mol. The van der Waals surface area contributed by atoms with E-state index in [2.05, 4.69) is 5.10 Å². The van der Waals surface area contributed by atoms with E-state index in [1.165, 1.54) is 0 Å². The van der Waals surface area contributed by atoms with E-state index in [9.17, 15) is 4.79 Å². The van der Waals surface area contributed by atoms with Gasteiger partial charge < -0.3 is 14.4 Å². The van der Waals surface area contributed by atoms with Gasteiger partial charge in [0.25, 0.3) is 5.91 Å². The summed E-state index contributed by atoms with van der Waals surface area (Å²) in [6.07, 6.45) is 7.34. The Bertz CT molecular complexity index is 536. The SMILES string of the molecule is Cn1cc(COC2CC3(C2)OC2CCCN2C3=O)cn1. The van der Waals surface area contributed by atoms with Crippen LogP contribution >= 0.6 is 0 Å². The van der Waals surface area contributed by atoms with Crippen LogP contribution in [-0.4, -0.2) is 45.1 Å². The number of carbonyl (C=O) groups is 1. The topological polar surface area (TPSA) is 56.6 Å². The Labute approximate surface area is 117 Å². The van der Waals surface area contributed by atoms with Gasteiger partial charge in [0.15, 0.2) is 5.60 Å². The second-order valence-electron chi connectivity index (χ2n) is 6.07. The molecule has 1 unspecified atom stereocenters. The van der Waals surface area contributed by atoms with Crippen molar-refractivity contribution in [2.75, 3.05) is 6.54 Å². The molecule has 2 saturated heterocycles. The Morgan fingerprint density at radius 3 is 3.10 bits per heavy atom. The number of hydrogen-bond acceptors (Lipinski definition) is 4. The van der Waals surface area contributed by atoms with Gasteiger partial charge in [-0.25, -0.2) is 0 Å². The van der Waals surface area contributed by atoms with Crippen LogP contribution in [0.3, 0.4) is 0 Å². The fraction of sp³-hybridized carbons (Fsp3) is 0.714. The largest absolute Gasteiger partial charge is 0.373 e. The van der Waals surface area contributed by atoms with Gasteiger partial charge in [-0.1, -0.05) is 0 Å². The minimum absolute atomic E-state index is 0.0294. The summed E-state index contributed by atoms with van der Waals surface area (Å²) in [4.78, 5) is 14.2. The molecule has 3 aliphatic rings. The molecular formula is C14H19N3O3. The van der Waals surface area contributed by atoms with Crippen LogP contribution in [0.5, 0.6) is 0 Å². The molecule has 0 N–H and O–H groups in total. The summed E-state index contributed by atoms with van der Waals surface area (Å²) < 4.78 is 13.6. The maximum Gasteiger partial charge on any atom is 0.257 e. The summed E-state index contributed by atoms with van der Waals surface area (Å²) >= 11 is 0. The summed E-state index contributed by atoms with van der Waals surface area (Å²) in [7, 11) is 1.89. The van der Waals surface area contributed by atoms with Crippen LogP contribution in [0.1, 0.15) is 31.2 Å². The van der Waals surface area contributed by atoms with Crippen LogP contribution in [0.25, 0.3) is 0 Å². The van der Waals surface area contributed by atoms with Gasteiger partial charge >= 0.3 is 0 Å². The molecule has 1 amide bonds. The van der Waals surface area contributed by atoms with Gasteiger partial charge in [0.2, 0.25) is 0 Å². The summed E-state index contributed by atoms with van der Waals surface area (Å²) in [5.41, 5.74) is 0.498. The first kappa shape index (κ1) is 12.3. The first-order chi connectivity index (χ1) is 9.66. The minimum Gasteiger partial charge on any atom is -0.373 e. The molecule has 3 heterocycles. The van der Waals surface area contributed by atoms with E-state index in [1.54, 1.807) is 4.68 Å². The van der Waals surface area contributed by atoms with Crippen molar-refractivity contribution < 1.29 is 14.3 Å². The molecule has 1 saturated carbocycles. The first-order valence-electron chi connectivity index (χ1n) is 7.24. The van der Waals surface area contributed by atoms with E-state index in [4.69, 9.17) is 9.47 Å². The lowest BCUT2D eigenvalue weighted by Crippen LogP contribution is -2.54. The highest BCUT2D eigenvalue weighted by atomic mass is 16.6. The van der Waals surface area contributed by atoms with Crippen molar-refractivity contribution in [3.05, 3.63) is 18.0 Å². The second kappa shape index (κ2) is 4.30. The highest BCUT2D eigenvalue weighted by Gasteiger charge is 2.61. The van der Waals surface area contributed by atoms with Gasteiger partial charge in [-0.2, -0.15) is 5.10 Å². The Balaban J connectivity index is 1.32. The maximum absolute atomic E-state index is 12.3. The van der Waals surface area contributed by atoms with E-state index in [0.717, 1.165) is 24.9 Å². The molecule has 6 nitrogen and oxygen atoms in total. The van der Waals surface area contributed by atoms with Crippen molar-refractivity contribution in [2.45, 2.75) is 50.2 Å². The van der Waals surface area contributed by atoms with E-state index in [1.807, 2.05) is 24.3 Å². The molecular weight excluding hydrogens is 258 g/mol. The number of hydrogen-bond donors (Lipinski definition) is 0. The lowest BCUT2D eigenvalue weighted by molar-refractivity contribution is -0.177. The molecule has 0 aromatic carbocycles. The molecule has 6 heteroatoms. The molecule has 0 radical (unpaired) electrons. The van der Waals surface area contributed by atoms with Crippen molar-refractivity contribution in [3.63, 3.8) is 0 Å². The van der Waals surface area contributed by atoms with Gasteiger partial charge in [-0.15, -0.1) is 0 Å². The maximum atomic E-state index is 12.3. The molecule has 20 heavy (non-hydrogen) atoms. The lowest BCUT2D eigenvalue weighted by Gasteiger charge is -2.41. The molecule has 108 valence electrons. The Morgan fingerprint density at radius 2 is 2.40 bits per heavy atom. The molecule has 1 aromatic rings. The zero-order chi connectivity index (χ0) is 13.7. The zero-order valence-corrected chi connectivity index (χ0v) is 11.6. The van der Waals surface area contributed by atoms with Crippen molar-refractivity contribution in [2.24, 2.45) is 7.05 Å². The van der Waals surface area contributed by atoms with Gasteiger partial charge in [0.05, 0.1) is 18.9 Å². The Morgan fingerprint density at radius 1 is 1.55 bits per heavy atom. The number of aromatic nitrogens is 2. The molecule has 1 spiro atoms. The van der Waals surface area contributed by atoms with Crippen LogP contribution in [-0.2, 0) is 27.9 Å². The minimum atomic E-state index is -0.565. The lowest BCUT2D eigenvalue weighted by atomic mass is 9.76. The first-order valence-corrected chi connectivity index (χ1v) is 7.24. The quantitative estimate of drug-likeness (QED) is 0.820. The molecule has 0 bridgehead atoms. The number of fused-ring (bicyclic) bond motifs is 1. The molecule has 1 aromatic heterocycles. The molecule has 3 fully saturated rings. The van der Waals surface area contributed by atoms with Gasteiger partial charge in [0, 0.05) is 38.2 Å². The molecule has 1 aliphatic carbocycles. The highest BCUT2D eigenvalue weighted by molar-refractivity contribution is 5.88. The monoisotopic (exact) mass is 277 g/mol. The third-order valence-electron chi connectivity index (χ3n) is 4.57. The Kier molecular flexibility index (Phi) is 2.65. The van der Waals surface area contributed by atoms with Crippen LogP contribution in [0.15, 0.2) is 12.4 Å². The third-order valence-corrected chi connectivity index (χ3v) is 4.57. The zero-order valence-electron chi connectivity index (χ0n) is 11.6. The van der Waals surface area contributed by atoms with Crippen molar-refractivity contribution in [3.8, 4) is 0 Å². The van der Waals surface area contributed by atoms with Crippen LogP contribution in [0.2, 0.25) is 0 Å². The van der Waals surface area contributed by atoms with Crippen molar-refractivity contribution >= 4 is 5.91 Å². The van der Waals surface area contributed by atoms with E-state index in [0.29, 0.717) is 19.4 Å². The van der Waals surface area contributed by atoms with Crippen LogP contribution in [0, 0.1) is 0 Å². The Hall–Kier alpha value is -1.40. The summed E-state index contributed by atoms with van der Waals surface area (Å²) in [5, 5.41) is 4.11. The van der Waals surface area contributed by atoms with Gasteiger partial charge in [-0.3, -0.25) is 9.48 Å². The standard InChI is InChI=1S/C14H19N3O3/c1-16-8-10(7-15-16)9-19-11-5-14(6-11)13(18)17-4-2-3-12(17)20-14/h7-8,11-12H,2-6,9H2,1H3. The van der Waals surface area contributed by atoms with E-state index < -0.39 is 5.60 Å². The summed E-state index contributed by atoms with van der Waals surface area (Å²) in [5.74, 6) is 0.182. The number of carbonyl (C=O) groups excluding carboxylic acids is 1. The number of aryl methyl sites for hydroxylation is 1. The van der Waals surface area contributed by atoms with Crippen LogP contribution in [0.4, 0.5) is 0 Å². The fourth-order valence-corrected chi connectivity index (χ4v) is 3.49. The normalized spacial score (nSPS) is 35.6. The molecule has 1 atom stereocenters. The fourth-order valence-electron chi connectivity index (χ4n) is 3.49. The average Bonchev–Trinajstić information content (AvgIpc) is 3.04. The number of nitrogens with zero attached hydrogens (tertiary/aromatic N) is 3. The highest BCUT2D eigenvalue weighted by Crippen LogP contribution is 2.47. The molecule has 2 aliphatic heterocycles. The number of amides is 1. The summed E-state index contributed by atoms with van der Waals surface area (Å²) in [6, 6.07) is 0. The van der Waals surface area contributed by atoms with Gasteiger partial charge in [-0.05, 0) is 12.8 Å². The predicted molar refractivity (Wildman–Crippen MR) is 69.6 cm³/mol. The third kappa shape index (κ3) is 1.78.